The predicted octanol–water partition coefficient (Wildman–Crippen LogP) is 1.75. The van der Waals surface area contributed by atoms with Crippen molar-refractivity contribution >= 4 is 0 Å². The van der Waals surface area contributed by atoms with Crippen molar-refractivity contribution < 1.29 is 9.84 Å². The highest BCUT2D eigenvalue weighted by Gasteiger charge is 2.02. The van der Waals surface area contributed by atoms with Crippen LogP contribution in [0.25, 0.3) is 0 Å². The Labute approximate surface area is 109 Å². The van der Waals surface area contributed by atoms with Gasteiger partial charge in [-0.25, -0.2) is 0 Å². The lowest BCUT2D eigenvalue weighted by Gasteiger charge is -2.18. The Balaban J connectivity index is 2.56. The molecule has 98 valence electrons. The minimum absolute atomic E-state index is 0.131. The molecule has 0 spiro atoms. The number of nitrogens with zero attached hydrogens (tertiary/aromatic N) is 1. The molecule has 0 aliphatic carbocycles. The van der Waals surface area contributed by atoms with Gasteiger partial charge in [0.1, 0.15) is 19.0 Å². The van der Waals surface area contributed by atoms with Crippen molar-refractivity contribution in [2.24, 2.45) is 0 Å². The van der Waals surface area contributed by atoms with E-state index in [2.05, 4.69) is 30.6 Å². The Morgan fingerprint density at radius 3 is 2.61 bits per heavy atom. The van der Waals surface area contributed by atoms with Crippen molar-refractivity contribution in [1.82, 2.24) is 4.90 Å². The zero-order chi connectivity index (χ0) is 13.2. The second-order valence-electron chi connectivity index (χ2n) is 3.83. The second kappa shape index (κ2) is 8.57. The standard InChI is InChI=1S/C15H21NO2/c1-3-16(4-2)11-13-18-15-10-6-5-8-14(15)9-7-12-17/h5-6,8,10,17H,3-4,11-13H2,1-2H3. The van der Waals surface area contributed by atoms with E-state index in [1.165, 1.54) is 0 Å². The Morgan fingerprint density at radius 2 is 1.94 bits per heavy atom. The number of rotatable bonds is 6. The van der Waals surface area contributed by atoms with Crippen LogP contribution >= 0.6 is 0 Å². The monoisotopic (exact) mass is 247 g/mol. The molecule has 0 amide bonds. The van der Waals surface area contributed by atoms with Gasteiger partial charge in [-0.1, -0.05) is 37.8 Å². The quantitative estimate of drug-likeness (QED) is 0.777. The van der Waals surface area contributed by atoms with Gasteiger partial charge in [-0.15, -0.1) is 0 Å². The molecule has 3 heteroatoms. The fraction of sp³-hybridized carbons (Fsp3) is 0.467. The predicted molar refractivity (Wildman–Crippen MR) is 73.7 cm³/mol. The van der Waals surface area contributed by atoms with Gasteiger partial charge in [0.25, 0.3) is 0 Å². The van der Waals surface area contributed by atoms with E-state index in [0.717, 1.165) is 30.9 Å². The van der Waals surface area contributed by atoms with Crippen molar-refractivity contribution in [3.05, 3.63) is 29.8 Å². The lowest BCUT2D eigenvalue weighted by Crippen LogP contribution is -2.28. The molecule has 0 saturated carbocycles. The number of para-hydroxylation sites is 1. The summed E-state index contributed by atoms with van der Waals surface area (Å²) in [6.45, 7) is 7.79. The van der Waals surface area contributed by atoms with Crippen LogP contribution in [-0.2, 0) is 0 Å². The lowest BCUT2D eigenvalue weighted by molar-refractivity contribution is 0.222. The summed E-state index contributed by atoms with van der Waals surface area (Å²) in [4.78, 5) is 2.31. The average Bonchev–Trinajstić information content (AvgIpc) is 2.42. The van der Waals surface area contributed by atoms with Crippen LogP contribution < -0.4 is 4.74 Å². The molecule has 0 aliphatic heterocycles. The van der Waals surface area contributed by atoms with E-state index in [4.69, 9.17) is 9.84 Å². The van der Waals surface area contributed by atoms with Crippen LogP contribution in [0, 0.1) is 11.8 Å². The Kier molecular flexibility index (Phi) is 6.93. The van der Waals surface area contributed by atoms with E-state index in [-0.39, 0.29) is 6.61 Å². The number of aliphatic hydroxyl groups is 1. The van der Waals surface area contributed by atoms with Gasteiger partial charge in [0.2, 0.25) is 0 Å². The highest BCUT2D eigenvalue weighted by Crippen LogP contribution is 2.16. The van der Waals surface area contributed by atoms with E-state index < -0.39 is 0 Å². The maximum absolute atomic E-state index is 8.71. The maximum Gasteiger partial charge on any atom is 0.134 e. The van der Waals surface area contributed by atoms with Crippen molar-refractivity contribution in [3.8, 4) is 17.6 Å². The minimum atomic E-state index is -0.131. The largest absolute Gasteiger partial charge is 0.491 e. The van der Waals surface area contributed by atoms with Gasteiger partial charge in [0.05, 0.1) is 5.56 Å². The molecule has 0 atom stereocenters. The molecule has 0 fully saturated rings. The number of benzene rings is 1. The lowest BCUT2D eigenvalue weighted by atomic mass is 10.2. The SMILES string of the molecule is CCN(CC)CCOc1ccccc1C#CCO. The second-order valence-corrected chi connectivity index (χ2v) is 3.83. The normalized spacial score (nSPS) is 10.0. The van der Waals surface area contributed by atoms with Crippen LogP contribution in [0.2, 0.25) is 0 Å². The van der Waals surface area contributed by atoms with Gasteiger partial charge in [0, 0.05) is 6.54 Å². The van der Waals surface area contributed by atoms with Crippen molar-refractivity contribution in [2.75, 3.05) is 32.8 Å². The van der Waals surface area contributed by atoms with E-state index >= 15 is 0 Å². The first-order valence-electron chi connectivity index (χ1n) is 6.35. The summed E-state index contributed by atoms with van der Waals surface area (Å²) in [5.41, 5.74) is 0.825. The first-order chi connectivity index (χ1) is 8.81. The van der Waals surface area contributed by atoms with Gasteiger partial charge in [-0.3, -0.25) is 0 Å². The molecular formula is C15H21NO2. The summed E-state index contributed by atoms with van der Waals surface area (Å²) < 4.78 is 5.74. The minimum Gasteiger partial charge on any atom is -0.491 e. The molecule has 0 saturated heterocycles. The molecule has 0 aromatic heterocycles. The van der Waals surface area contributed by atoms with Gasteiger partial charge in [-0.2, -0.15) is 0 Å². The highest BCUT2D eigenvalue weighted by atomic mass is 16.5. The summed E-state index contributed by atoms with van der Waals surface area (Å²) in [5.74, 6) is 6.32. The number of hydrogen-bond donors (Lipinski definition) is 1. The van der Waals surface area contributed by atoms with E-state index in [1.807, 2.05) is 24.3 Å². The molecule has 3 nitrogen and oxygen atoms in total. The number of likely N-dealkylation sites (N-methyl/N-ethyl adjacent to an activating group) is 1. The van der Waals surface area contributed by atoms with Gasteiger partial charge in [-0.05, 0) is 25.2 Å². The Hall–Kier alpha value is -1.50. The number of aliphatic hydroxyl groups excluding tert-OH is 1. The molecular weight excluding hydrogens is 226 g/mol. The zero-order valence-corrected chi connectivity index (χ0v) is 11.1. The van der Waals surface area contributed by atoms with Gasteiger partial charge >= 0.3 is 0 Å². The fourth-order valence-corrected chi connectivity index (χ4v) is 1.66. The number of hydrogen-bond acceptors (Lipinski definition) is 3. The summed E-state index contributed by atoms with van der Waals surface area (Å²) in [6, 6.07) is 7.65. The van der Waals surface area contributed by atoms with Crippen LogP contribution in [-0.4, -0.2) is 42.9 Å². The van der Waals surface area contributed by atoms with Crippen LogP contribution in [0.3, 0.4) is 0 Å². The Morgan fingerprint density at radius 1 is 1.22 bits per heavy atom. The molecule has 0 aliphatic rings. The summed E-state index contributed by atoms with van der Waals surface area (Å²) in [7, 11) is 0. The topological polar surface area (TPSA) is 32.7 Å². The van der Waals surface area contributed by atoms with E-state index in [9.17, 15) is 0 Å². The molecule has 1 N–H and O–H groups in total. The van der Waals surface area contributed by atoms with Crippen LogP contribution in [0.5, 0.6) is 5.75 Å². The molecule has 0 bridgehead atoms. The van der Waals surface area contributed by atoms with Gasteiger partial charge in [0.15, 0.2) is 0 Å². The third-order valence-electron chi connectivity index (χ3n) is 2.75. The van der Waals surface area contributed by atoms with E-state index in [1.54, 1.807) is 0 Å². The maximum atomic E-state index is 8.71. The Bertz CT molecular complexity index is 402. The first-order valence-corrected chi connectivity index (χ1v) is 6.35. The van der Waals surface area contributed by atoms with Crippen molar-refractivity contribution in [1.29, 1.82) is 0 Å². The molecule has 1 aromatic rings. The third kappa shape index (κ3) is 4.79. The van der Waals surface area contributed by atoms with Crippen LogP contribution in [0.1, 0.15) is 19.4 Å². The molecule has 0 unspecified atom stereocenters. The molecule has 0 radical (unpaired) electrons. The third-order valence-corrected chi connectivity index (χ3v) is 2.75. The highest BCUT2D eigenvalue weighted by molar-refractivity contribution is 5.45. The van der Waals surface area contributed by atoms with Crippen LogP contribution in [0.4, 0.5) is 0 Å². The average molecular weight is 247 g/mol. The van der Waals surface area contributed by atoms with Crippen molar-refractivity contribution in [3.63, 3.8) is 0 Å². The van der Waals surface area contributed by atoms with Gasteiger partial charge < -0.3 is 14.7 Å². The summed E-state index contributed by atoms with van der Waals surface area (Å²) in [6.07, 6.45) is 0. The van der Waals surface area contributed by atoms with E-state index in [0.29, 0.717) is 6.61 Å². The van der Waals surface area contributed by atoms with Crippen LogP contribution in [0.15, 0.2) is 24.3 Å². The van der Waals surface area contributed by atoms with Crippen molar-refractivity contribution in [2.45, 2.75) is 13.8 Å². The summed E-state index contributed by atoms with van der Waals surface area (Å²) in [5, 5.41) is 8.71. The summed E-state index contributed by atoms with van der Waals surface area (Å²) >= 11 is 0. The fourth-order valence-electron chi connectivity index (χ4n) is 1.66. The molecule has 1 aromatic carbocycles. The number of ether oxygens (including phenoxy) is 1. The zero-order valence-electron chi connectivity index (χ0n) is 11.1. The smallest absolute Gasteiger partial charge is 0.134 e. The molecule has 1 rings (SSSR count). The molecule has 18 heavy (non-hydrogen) atoms. The first kappa shape index (κ1) is 14.6. The molecule has 0 heterocycles.